The van der Waals surface area contributed by atoms with Gasteiger partial charge in [0.05, 0.1) is 30.2 Å². The molecule has 1 saturated heterocycles. The number of hydrogen-bond donors (Lipinski definition) is 2. The van der Waals surface area contributed by atoms with Crippen molar-refractivity contribution < 1.29 is 32.5 Å². The lowest BCUT2D eigenvalue weighted by atomic mass is 9.87. The minimum atomic E-state index is -4.56. The maximum absolute atomic E-state index is 13.4. The van der Waals surface area contributed by atoms with Crippen molar-refractivity contribution in [2.45, 2.75) is 83.3 Å². The molecule has 1 amide bonds. The van der Waals surface area contributed by atoms with Crippen molar-refractivity contribution in [2.75, 3.05) is 18.5 Å². The van der Waals surface area contributed by atoms with Gasteiger partial charge in [-0.2, -0.15) is 13.2 Å². The van der Waals surface area contributed by atoms with Crippen LogP contribution in [0.2, 0.25) is 5.02 Å². The third-order valence-corrected chi connectivity index (χ3v) is 7.62. The van der Waals surface area contributed by atoms with Crippen molar-refractivity contribution in [1.82, 2.24) is 14.9 Å². The minimum absolute atomic E-state index is 0.00466. The lowest BCUT2D eigenvalue weighted by Gasteiger charge is -2.45. The van der Waals surface area contributed by atoms with Crippen LogP contribution in [0.25, 0.3) is 0 Å². The van der Waals surface area contributed by atoms with Gasteiger partial charge in [-0.3, -0.25) is 0 Å². The van der Waals surface area contributed by atoms with Crippen molar-refractivity contribution in [1.29, 1.82) is 0 Å². The number of ether oxygens (including phenoxy) is 2. The quantitative estimate of drug-likeness (QED) is 0.236. The zero-order chi connectivity index (χ0) is 31.9. The zero-order valence-corrected chi connectivity index (χ0v) is 25.7. The van der Waals surface area contributed by atoms with E-state index in [0.717, 1.165) is 17.7 Å². The fourth-order valence-electron chi connectivity index (χ4n) is 5.56. The summed E-state index contributed by atoms with van der Waals surface area (Å²) in [5.41, 5.74) is 0.883. The molecule has 0 radical (unpaired) electrons. The number of benzene rings is 2. The van der Waals surface area contributed by atoms with Crippen LogP contribution in [0.15, 0.2) is 54.7 Å². The summed E-state index contributed by atoms with van der Waals surface area (Å²) in [6, 6.07) is 13.0. The Labute approximate surface area is 260 Å². The Bertz CT molecular complexity index is 1390. The van der Waals surface area contributed by atoms with Crippen molar-refractivity contribution in [3.8, 4) is 5.75 Å². The van der Waals surface area contributed by atoms with E-state index in [0.29, 0.717) is 36.9 Å². The molecule has 238 valence electrons. The lowest BCUT2D eigenvalue weighted by Crippen LogP contribution is -2.56. The normalized spacial score (nSPS) is 18.8. The topological polar surface area (TPSA) is 96.8 Å². The third kappa shape index (κ3) is 8.98. The van der Waals surface area contributed by atoms with Crippen LogP contribution in [-0.2, 0) is 23.8 Å². The summed E-state index contributed by atoms with van der Waals surface area (Å²) in [4.78, 5) is 24.2. The van der Waals surface area contributed by atoms with E-state index in [4.69, 9.17) is 21.1 Å². The van der Waals surface area contributed by atoms with Gasteiger partial charge in [-0.05, 0) is 68.9 Å². The maximum Gasteiger partial charge on any atom is 0.416 e. The molecule has 44 heavy (non-hydrogen) atoms. The molecular formula is C32H38ClF3N4O4. The van der Waals surface area contributed by atoms with Crippen molar-refractivity contribution in [2.24, 2.45) is 0 Å². The number of carbonyl (C=O) groups is 1. The van der Waals surface area contributed by atoms with Gasteiger partial charge < -0.3 is 24.8 Å². The number of rotatable bonds is 11. The van der Waals surface area contributed by atoms with Crippen molar-refractivity contribution >= 4 is 23.6 Å². The number of likely N-dealkylation sites (tertiary alicyclic amines) is 1. The molecule has 1 aromatic heterocycles. The van der Waals surface area contributed by atoms with E-state index >= 15 is 0 Å². The van der Waals surface area contributed by atoms with E-state index in [1.54, 1.807) is 0 Å². The number of nitrogens with one attached hydrogen (secondary N) is 1. The highest BCUT2D eigenvalue weighted by Gasteiger charge is 2.39. The van der Waals surface area contributed by atoms with Gasteiger partial charge in [-0.15, -0.1) is 0 Å². The van der Waals surface area contributed by atoms with Crippen LogP contribution in [0.3, 0.4) is 0 Å². The summed E-state index contributed by atoms with van der Waals surface area (Å²) in [6.45, 7) is 5.40. The molecule has 4 rings (SSSR count). The van der Waals surface area contributed by atoms with Crippen LogP contribution >= 0.6 is 11.6 Å². The van der Waals surface area contributed by atoms with Crippen LogP contribution in [-0.4, -0.2) is 63.5 Å². The summed E-state index contributed by atoms with van der Waals surface area (Å²) in [5.74, 6) is 0.531. The number of carbonyl (C=O) groups excluding carboxylic acids is 1. The molecule has 3 atom stereocenters. The first-order chi connectivity index (χ1) is 21.0. The van der Waals surface area contributed by atoms with Gasteiger partial charge in [0.15, 0.2) is 5.75 Å². The fourth-order valence-corrected chi connectivity index (χ4v) is 5.82. The van der Waals surface area contributed by atoms with Gasteiger partial charge in [-0.25, -0.2) is 14.8 Å². The minimum Gasteiger partial charge on any atom is -0.488 e. The molecule has 12 heteroatoms. The second-order valence-corrected chi connectivity index (χ2v) is 11.6. The number of piperidine rings is 1. The predicted octanol–water partition coefficient (Wildman–Crippen LogP) is 6.92. The largest absolute Gasteiger partial charge is 0.488 e. The number of aliphatic hydroxyl groups excluding tert-OH is 1. The number of aliphatic hydroxyl groups is 1. The van der Waals surface area contributed by atoms with Crippen LogP contribution < -0.4 is 10.1 Å². The summed E-state index contributed by atoms with van der Waals surface area (Å²) in [6.07, 6.45) is -1.13. The number of alkyl halides is 3. The standard InChI is InChI=1S/C32H38ClF3N4O4/c1-4-26-17-25(18-27(14-21-8-6-5-7-9-21)40(26)31(42)44-20(2)3)38-30-37-19-29(43-11-10-41)28(39-30)15-22-12-23(32(34,35)36)16-24(33)13-22/h5-9,12-13,16,19-20,25-27,41H,4,10-11,14-15,17-18H2,1-3H3,(H,37,38,39). The van der Waals surface area contributed by atoms with Gasteiger partial charge >= 0.3 is 12.3 Å². The summed E-state index contributed by atoms with van der Waals surface area (Å²) >= 11 is 6.02. The van der Waals surface area contributed by atoms with Crippen molar-refractivity contribution in [3.63, 3.8) is 0 Å². The van der Waals surface area contributed by atoms with Crippen LogP contribution in [0.1, 0.15) is 62.4 Å². The average molecular weight is 635 g/mol. The van der Waals surface area contributed by atoms with E-state index in [1.807, 2.05) is 56.0 Å². The maximum atomic E-state index is 13.4. The smallest absolute Gasteiger partial charge is 0.416 e. The molecule has 2 heterocycles. The summed E-state index contributed by atoms with van der Waals surface area (Å²) in [5, 5.41) is 12.6. The number of aromatic nitrogens is 2. The second kappa shape index (κ2) is 14.9. The number of halogens is 4. The summed E-state index contributed by atoms with van der Waals surface area (Å²) < 4.78 is 51.6. The number of anilines is 1. The number of amides is 1. The molecule has 0 spiro atoms. The number of hydrogen-bond acceptors (Lipinski definition) is 7. The van der Waals surface area contributed by atoms with Crippen LogP contribution in [0, 0.1) is 0 Å². The van der Waals surface area contributed by atoms with E-state index in [9.17, 15) is 23.1 Å². The highest BCUT2D eigenvalue weighted by Crippen LogP contribution is 2.34. The third-order valence-electron chi connectivity index (χ3n) is 7.40. The molecule has 8 nitrogen and oxygen atoms in total. The molecule has 1 fully saturated rings. The highest BCUT2D eigenvalue weighted by molar-refractivity contribution is 6.30. The number of nitrogens with zero attached hydrogens (tertiary/aromatic N) is 3. The Kier molecular flexibility index (Phi) is 11.3. The van der Waals surface area contributed by atoms with Gasteiger partial charge in [0, 0.05) is 29.6 Å². The monoisotopic (exact) mass is 634 g/mol. The predicted molar refractivity (Wildman–Crippen MR) is 162 cm³/mol. The molecule has 0 saturated carbocycles. The van der Waals surface area contributed by atoms with Crippen LogP contribution in [0.4, 0.5) is 23.9 Å². The van der Waals surface area contributed by atoms with Gasteiger partial charge in [0.2, 0.25) is 5.95 Å². The Hall–Kier alpha value is -3.57. The molecular weight excluding hydrogens is 597 g/mol. The Morgan fingerprint density at radius 3 is 2.52 bits per heavy atom. The SMILES string of the molecule is CCC1CC(Nc2ncc(OCCO)c(Cc3cc(Cl)cc(C(F)(F)F)c3)n2)CC(Cc2ccccc2)N1C(=O)OC(C)C. The first-order valence-corrected chi connectivity index (χ1v) is 15.1. The molecule has 2 aromatic carbocycles. The van der Waals surface area contributed by atoms with Gasteiger partial charge in [0.25, 0.3) is 0 Å². The Balaban J connectivity index is 1.61. The van der Waals surface area contributed by atoms with Gasteiger partial charge in [-0.1, -0.05) is 48.9 Å². The first-order valence-electron chi connectivity index (χ1n) is 14.7. The molecule has 3 unspecified atom stereocenters. The van der Waals surface area contributed by atoms with E-state index in [2.05, 4.69) is 15.3 Å². The molecule has 3 aromatic rings. The average Bonchev–Trinajstić information content (AvgIpc) is 2.96. The fraction of sp³-hybridized carbons (Fsp3) is 0.469. The van der Waals surface area contributed by atoms with E-state index in [1.165, 1.54) is 12.3 Å². The molecule has 2 N–H and O–H groups in total. The van der Waals surface area contributed by atoms with E-state index < -0.39 is 11.7 Å². The second-order valence-electron chi connectivity index (χ2n) is 11.2. The Morgan fingerprint density at radius 2 is 1.86 bits per heavy atom. The highest BCUT2D eigenvalue weighted by atomic mass is 35.5. The molecule has 1 aliphatic rings. The van der Waals surface area contributed by atoms with Gasteiger partial charge in [0.1, 0.15) is 6.61 Å². The molecule has 0 aliphatic carbocycles. The first kappa shape index (κ1) is 33.3. The summed E-state index contributed by atoms with van der Waals surface area (Å²) in [7, 11) is 0. The zero-order valence-electron chi connectivity index (χ0n) is 25.0. The molecule has 0 bridgehead atoms. The van der Waals surface area contributed by atoms with Crippen LogP contribution in [0.5, 0.6) is 5.75 Å². The lowest BCUT2D eigenvalue weighted by molar-refractivity contribution is -0.137. The van der Waals surface area contributed by atoms with E-state index in [-0.39, 0.29) is 66.7 Å². The Morgan fingerprint density at radius 1 is 1.14 bits per heavy atom. The molecule has 1 aliphatic heterocycles. The van der Waals surface area contributed by atoms with Crippen molar-refractivity contribution in [3.05, 3.63) is 82.1 Å².